The molecule has 2 rings (SSSR count). The molecule has 1 aromatic rings. The molecule has 0 bridgehead atoms. The van der Waals surface area contributed by atoms with Crippen LogP contribution in [0, 0.1) is 0 Å². The van der Waals surface area contributed by atoms with Crippen LogP contribution in [0.5, 0.6) is 0 Å². The van der Waals surface area contributed by atoms with E-state index < -0.39 is 18.3 Å². The first-order valence-electron chi connectivity index (χ1n) is 7.53. The molecule has 0 spiro atoms. The molecule has 0 unspecified atom stereocenters. The Morgan fingerprint density at radius 2 is 1.88 bits per heavy atom. The van der Waals surface area contributed by atoms with Gasteiger partial charge in [0.15, 0.2) is 5.12 Å². The molecule has 8 heteroatoms. The minimum Gasteiger partial charge on any atom is -0.400 e. The molecular formula is C16H20BCl2NO3S. The average molecular weight is 388 g/mol. The number of carbonyl (C=O) groups is 1. The highest BCUT2D eigenvalue weighted by molar-refractivity contribution is 8.13. The van der Waals surface area contributed by atoms with Crippen molar-refractivity contribution in [1.82, 2.24) is 4.98 Å². The van der Waals surface area contributed by atoms with E-state index in [9.17, 15) is 4.79 Å². The van der Waals surface area contributed by atoms with Gasteiger partial charge in [-0.1, -0.05) is 41.0 Å². The number of thioether (sulfide) groups is 1. The molecule has 130 valence electrons. The van der Waals surface area contributed by atoms with Crippen molar-refractivity contribution in [2.75, 3.05) is 5.75 Å². The lowest BCUT2D eigenvalue weighted by Gasteiger charge is -2.32. The van der Waals surface area contributed by atoms with Crippen LogP contribution in [0.1, 0.15) is 40.2 Å². The molecule has 2 heterocycles. The van der Waals surface area contributed by atoms with Gasteiger partial charge in [-0.2, -0.15) is 0 Å². The Bertz CT molecular complexity index is 663. The second kappa shape index (κ2) is 7.38. The topological polar surface area (TPSA) is 48.4 Å². The van der Waals surface area contributed by atoms with E-state index >= 15 is 0 Å². The summed E-state index contributed by atoms with van der Waals surface area (Å²) in [5, 5.41) is 0.621. The molecule has 24 heavy (non-hydrogen) atoms. The molecule has 1 saturated heterocycles. The number of halogens is 2. The van der Waals surface area contributed by atoms with Crippen LogP contribution in [0.2, 0.25) is 10.2 Å². The summed E-state index contributed by atoms with van der Waals surface area (Å²) in [6, 6.07) is 1.76. The number of rotatable bonds is 4. The van der Waals surface area contributed by atoms with Gasteiger partial charge in [-0.15, -0.1) is 0 Å². The summed E-state index contributed by atoms with van der Waals surface area (Å²) in [7, 11) is -0.551. The Balaban J connectivity index is 2.37. The highest BCUT2D eigenvalue weighted by Gasteiger charge is 2.52. The van der Waals surface area contributed by atoms with E-state index in [0.717, 1.165) is 5.47 Å². The molecule has 1 aliphatic heterocycles. The molecule has 0 atom stereocenters. The van der Waals surface area contributed by atoms with Crippen LogP contribution in [0.25, 0.3) is 6.08 Å². The summed E-state index contributed by atoms with van der Waals surface area (Å²) >= 11 is 13.4. The molecule has 0 radical (unpaired) electrons. The maximum absolute atomic E-state index is 11.4. The van der Waals surface area contributed by atoms with Crippen LogP contribution in [-0.4, -0.2) is 34.2 Å². The highest BCUT2D eigenvalue weighted by Crippen LogP contribution is 2.39. The summed E-state index contributed by atoms with van der Waals surface area (Å²) in [6.07, 6.45) is 3.44. The van der Waals surface area contributed by atoms with Gasteiger partial charge in [0.1, 0.15) is 5.15 Å². The number of aromatic nitrogens is 1. The van der Waals surface area contributed by atoms with Crippen molar-refractivity contribution in [3.63, 3.8) is 0 Å². The van der Waals surface area contributed by atoms with Gasteiger partial charge in [-0.25, -0.2) is 4.98 Å². The smallest absolute Gasteiger partial charge is 0.400 e. The van der Waals surface area contributed by atoms with E-state index in [1.165, 1.54) is 18.7 Å². The van der Waals surface area contributed by atoms with Gasteiger partial charge in [0.2, 0.25) is 0 Å². The van der Waals surface area contributed by atoms with Gasteiger partial charge in [-0.05, 0) is 44.8 Å². The van der Waals surface area contributed by atoms with Crippen LogP contribution in [-0.2, 0) is 14.1 Å². The second-order valence-electron chi connectivity index (χ2n) is 6.59. The molecule has 0 saturated carbocycles. The van der Waals surface area contributed by atoms with Crippen LogP contribution in [0.3, 0.4) is 0 Å². The molecule has 0 aliphatic carbocycles. The largest absolute Gasteiger partial charge is 0.491 e. The summed E-state index contributed by atoms with van der Waals surface area (Å²) in [5.41, 5.74) is 0.609. The normalized spacial score (nSPS) is 19.6. The maximum atomic E-state index is 11.4. The van der Waals surface area contributed by atoms with Crippen LogP contribution >= 0.6 is 35.0 Å². The summed E-state index contributed by atoms with van der Waals surface area (Å²) < 4.78 is 12.2. The predicted octanol–water partition coefficient (Wildman–Crippen LogP) is 4.68. The number of hydrogen-bond donors (Lipinski definition) is 0. The van der Waals surface area contributed by atoms with Crippen molar-refractivity contribution in [1.29, 1.82) is 0 Å². The molecule has 1 aliphatic rings. The van der Waals surface area contributed by atoms with Gasteiger partial charge in [-0.3, -0.25) is 4.79 Å². The van der Waals surface area contributed by atoms with E-state index in [2.05, 4.69) is 4.98 Å². The number of carbonyl (C=O) groups excluding carboxylic acids is 1. The van der Waals surface area contributed by atoms with Crippen molar-refractivity contribution in [2.24, 2.45) is 0 Å². The lowest BCUT2D eigenvalue weighted by atomic mass is 9.78. The third-order valence-electron chi connectivity index (χ3n) is 4.22. The van der Waals surface area contributed by atoms with E-state index in [0.29, 0.717) is 16.3 Å². The van der Waals surface area contributed by atoms with Gasteiger partial charge in [0, 0.05) is 18.9 Å². The van der Waals surface area contributed by atoms with Crippen LogP contribution < -0.4 is 0 Å². The fourth-order valence-electron chi connectivity index (χ4n) is 2.10. The van der Waals surface area contributed by atoms with E-state index in [4.69, 9.17) is 32.5 Å². The summed E-state index contributed by atoms with van der Waals surface area (Å²) in [5.74, 6) is 0.447. The van der Waals surface area contributed by atoms with E-state index in [1.807, 2.05) is 33.8 Å². The van der Waals surface area contributed by atoms with E-state index in [1.54, 1.807) is 12.3 Å². The molecule has 0 N–H and O–H groups in total. The monoisotopic (exact) mass is 387 g/mol. The Morgan fingerprint density at radius 3 is 2.42 bits per heavy atom. The van der Waals surface area contributed by atoms with Crippen molar-refractivity contribution >= 4 is 53.3 Å². The molecule has 1 aromatic heterocycles. The molecule has 0 aromatic carbocycles. The van der Waals surface area contributed by atoms with Crippen molar-refractivity contribution in [3.05, 3.63) is 33.5 Å². The van der Waals surface area contributed by atoms with Crippen LogP contribution in [0.15, 0.2) is 17.7 Å². The van der Waals surface area contributed by atoms with Gasteiger partial charge >= 0.3 is 7.12 Å². The lowest BCUT2D eigenvalue weighted by Crippen LogP contribution is -2.41. The van der Waals surface area contributed by atoms with E-state index in [-0.39, 0.29) is 10.3 Å². The Labute approximate surface area is 157 Å². The second-order valence-corrected chi connectivity index (χ2v) is 8.48. The zero-order valence-corrected chi connectivity index (χ0v) is 16.7. The first kappa shape index (κ1) is 19.8. The Kier molecular flexibility index (Phi) is 6.09. The quantitative estimate of drug-likeness (QED) is 0.554. The van der Waals surface area contributed by atoms with Crippen molar-refractivity contribution < 1.29 is 14.1 Å². The van der Waals surface area contributed by atoms with Gasteiger partial charge < -0.3 is 9.31 Å². The van der Waals surface area contributed by atoms with Gasteiger partial charge in [0.25, 0.3) is 0 Å². The number of nitrogens with zero attached hydrogens (tertiary/aromatic N) is 1. The zero-order chi connectivity index (χ0) is 18.1. The molecular weight excluding hydrogens is 368 g/mol. The van der Waals surface area contributed by atoms with Crippen molar-refractivity contribution in [3.8, 4) is 0 Å². The minimum absolute atomic E-state index is 0.0243. The predicted molar refractivity (Wildman–Crippen MR) is 101 cm³/mol. The third-order valence-corrected chi connectivity index (χ3v) is 5.88. The first-order chi connectivity index (χ1) is 11.0. The van der Waals surface area contributed by atoms with Crippen LogP contribution in [0.4, 0.5) is 0 Å². The average Bonchev–Trinajstić information content (AvgIpc) is 2.67. The highest BCUT2D eigenvalue weighted by atomic mass is 35.5. The maximum Gasteiger partial charge on any atom is 0.491 e. The number of hydrogen-bond acceptors (Lipinski definition) is 5. The third kappa shape index (κ3) is 4.35. The lowest BCUT2D eigenvalue weighted by molar-refractivity contribution is -0.109. The first-order valence-corrected chi connectivity index (χ1v) is 9.27. The molecule has 4 nitrogen and oxygen atoms in total. The fraction of sp³-hybridized carbons (Fsp3) is 0.500. The minimum atomic E-state index is -0.551. The fourth-order valence-corrected chi connectivity index (χ4v) is 3.02. The Hall–Kier alpha value is -0.525. The summed E-state index contributed by atoms with van der Waals surface area (Å²) in [6.45, 7) is 9.47. The molecule has 0 amide bonds. The summed E-state index contributed by atoms with van der Waals surface area (Å²) in [4.78, 5) is 15.3. The number of pyridine rings is 1. The standard InChI is InChI=1S/C16H20BCl2NO3S/c1-10(21)24-9-12(8-11-6-7-20-14(19)13(11)18)17-22-15(2,3)16(4,5)23-17/h6-8H,9H2,1-5H3. The Morgan fingerprint density at radius 1 is 1.29 bits per heavy atom. The SMILES string of the molecule is CC(=O)SCC(=Cc1ccnc(Cl)c1Cl)B1OC(C)(C)C(C)(C)O1. The van der Waals surface area contributed by atoms with Gasteiger partial charge in [0.05, 0.1) is 16.2 Å². The van der Waals surface area contributed by atoms with Crippen molar-refractivity contribution in [2.45, 2.75) is 45.8 Å². The zero-order valence-electron chi connectivity index (χ0n) is 14.4. The molecule has 1 fully saturated rings.